The van der Waals surface area contributed by atoms with Crippen molar-refractivity contribution < 1.29 is 22.7 Å². The lowest BCUT2D eigenvalue weighted by atomic mass is 10.1. The summed E-state index contributed by atoms with van der Waals surface area (Å²) in [6.07, 6.45) is 0.0680. The summed E-state index contributed by atoms with van der Waals surface area (Å²) in [5, 5.41) is 6.74. The Hall–Kier alpha value is -4.32. The van der Waals surface area contributed by atoms with Crippen LogP contribution in [0.3, 0.4) is 0 Å². The topological polar surface area (TPSA) is 105 Å². The molecule has 1 aromatic carbocycles. The highest BCUT2D eigenvalue weighted by atomic mass is 19.4. The third-order valence-electron chi connectivity index (χ3n) is 6.09. The fourth-order valence-corrected chi connectivity index (χ4v) is 4.29. The van der Waals surface area contributed by atoms with E-state index in [4.69, 9.17) is 9.72 Å². The maximum Gasteiger partial charge on any atom is 0.416 e. The van der Waals surface area contributed by atoms with Crippen LogP contribution in [0.25, 0.3) is 22.3 Å². The number of aromatic nitrogens is 4. The van der Waals surface area contributed by atoms with Crippen molar-refractivity contribution in [2.75, 3.05) is 43.5 Å². The second kappa shape index (κ2) is 10.6. The quantitative estimate of drug-likeness (QED) is 0.394. The Morgan fingerprint density at radius 2 is 1.95 bits per heavy atom. The standard InChI is InChI=1S/C26H24F3N7O2/c1-38-20-15-31-14-19-23(20)25(36-9-7-30-8-10-36)35-24(33-19)17-5-6-32-21(13-17)34-22(37)12-16-3-2-4-18(11-16)26(27,28)29/h2-6,11,13-15,30H,7-10,12H2,1H3,(H,32,34,37). The molecule has 38 heavy (non-hydrogen) atoms. The number of anilines is 2. The van der Waals surface area contributed by atoms with Crippen LogP contribution in [0.4, 0.5) is 24.8 Å². The Bertz CT molecular complexity index is 1470. The number of hydrogen-bond acceptors (Lipinski definition) is 8. The minimum atomic E-state index is -4.48. The number of methoxy groups -OCH3 is 1. The molecule has 4 heterocycles. The van der Waals surface area contributed by atoms with Crippen molar-refractivity contribution >= 4 is 28.4 Å². The van der Waals surface area contributed by atoms with Gasteiger partial charge in [-0.2, -0.15) is 13.2 Å². The average molecular weight is 524 g/mol. The zero-order valence-electron chi connectivity index (χ0n) is 20.4. The molecular weight excluding hydrogens is 499 g/mol. The lowest BCUT2D eigenvalue weighted by molar-refractivity contribution is -0.137. The van der Waals surface area contributed by atoms with Crippen LogP contribution in [-0.2, 0) is 17.4 Å². The van der Waals surface area contributed by atoms with Gasteiger partial charge in [0, 0.05) is 37.9 Å². The van der Waals surface area contributed by atoms with Crippen molar-refractivity contribution in [2.45, 2.75) is 12.6 Å². The van der Waals surface area contributed by atoms with E-state index in [1.807, 2.05) is 0 Å². The molecule has 0 radical (unpaired) electrons. The molecule has 1 aliphatic heterocycles. The van der Waals surface area contributed by atoms with Crippen LogP contribution in [-0.4, -0.2) is 59.1 Å². The Morgan fingerprint density at radius 3 is 2.71 bits per heavy atom. The maximum absolute atomic E-state index is 13.0. The number of halogens is 3. The number of fused-ring (bicyclic) bond motifs is 1. The number of nitrogens with zero attached hydrogens (tertiary/aromatic N) is 5. The zero-order valence-corrected chi connectivity index (χ0v) is 20.4. The summed E-state index contributed by atoms with van der Waals surface area (Å²) in [7, 11) is 1.57. The molecule has 3 aromatic heterocycles. The molecule has 1 amide bonds. The van der Waals surface area contributed by atoms with Gasteiger partial charge in [-0.1, -0.05) is 18.2 Å². The van der Waals surface area contributed by atoms with Crippen molar-refractivity contribution in [2.24, 2.45) is 0 Å². The number of nitrogens with one attached hydrogen (secondary N) is 2. The van der Waals surface area contributed by atoms with Crippen molar-refractivity contribution in [3.05, 3.63) is 66.1 Å². The molecule has 5 rings (SSSR count). The second-order valence-electron chi connectivity index (χ2n) is 8.70. The Balaban J connectivity index is 1.43. The molecule has 0 bridgehead atoms. The summed E-state index contributed by atoms with van der Waals surface area (Å²) < 4.78 is 44.6. The van der Waals surface area contributed by atoms with Gasteiger partial charge in [-0.15, -0.1) is 0 Å². The Morgan fingerprint density at radius 1 is 1.13 bits per heavy atom. The average Bonchev–Trinajstić information content (AvgIpc) is 2.92. The molecule has 1 saturated heterocycles. The molecule has 0 spiro atoms. The molecular formula is C26H24F3N7O2. The maximum atomic E-state index is 13.0. The van der Waals surface area contributed by atoms with Gasteiger partial charge in [-0.3, -0.25) is 9.78 Å². The number of piperazine rings is 1. The second-order valence-corrected chi connectivity index (χ2v) is 8.70. The van der Waals surface area contributed by atoms with Gasteiger partial charge in [-0.25, -0.2) is 15.0 Å². The number of pyridine rings is 2. The van der Waals surface area contributed by atoms with Gasteiger partial charge >= 0.3 is 6.18 Å². The summed E-state index contributed by atoms with van der Waals surface area (Å²) in [6.45, 7) is 3.13. The predicted molar refractivity (Wildman–Crippen MR) is 136 cm³/mol. The molecule has 0 unspecified atom stereocenters. The van der Waals surface area contributed by atoms with Crippen LogP contribution in [0.1, 0.15) is 11.1 Å². The van der Waals surface area contributed by atoms with Gasteiger partial charge < -0.3 is 20.3 Å². The first-order valence-electron chi connectivity index (χ1n) is 11.9. The number of carbonyl (C=O) groups excluding carboxylic acids is 1. The van der Waals surface area contributed by atoms with Gasteiger partial charge in [-0.05, 0) is 23.8 Å². The normalized spacial score (nSPS) is 13.9. The summed E-state index contributed by atoms with van der Waals surface area (Å²) in [5.74, 6) is 1.44. The fraction of sp³-hybridized carbons (Fsp3) is 0.269. The molecule has 196 valence electrons. The highest BCUT2D eigenvalue weighted by molar-refractivity contribution is 5.96. The van der Waals surface area contributed by atoms with E-state index in [2.05, 4.69) is 30.5 Å². The number of ether oxygens (including phenoxy) is 1. The van der Waals surface area contributed by atoms with Crippen molar-refractivity contribution in [3.8, 4) is 17.1 Å². The van der Waals surface area contributed by atoms with Crippen LogP contribution < -0.4 is 20.3 Å². The van der Waals surface area contributed by atoms with E-state index in [9.17, 15) is 18.0 Å². The van der Waals surface area contributed by atoms with E-state index < -0.39 is 17.6 Å². The molecule has 9 nitrogen and oxygen atoms in total. The van der Waals surface area contributed by atoms with Gasteiger partial charge in [0.2, 0.25) is 5.91 Å². The molecule has 0 aliphatic carbocycles. The van der Waals surface area contributed by atoms with Gasteiger partial charge in [0.05, 0.1) is 42.4 Å². The van der Waals surface area contributed by atoms with Gasteiger partial charge in [0.25, 0.3) is 0 Å². The number of alkyl halides is 3. The SMILES string of the molecule is COc1cncc2nc(-c3ccnc(NC(=O)Cc4cccc(C(F)(F)F)c4)c3)nc(N3CCNCC3)c12. The summed E-state index contributed by atoms with van der Waals surface area (Å²) >= 11 is 0. The van der Waals surface area contributed by atoms with Crippen LogP contribution in [0.2, 0.25) is 0 Å². The number of amides is 1. The van der Waals surface area contributed by atoms with E-state index >= 15 is 0 Å². The predicted octanol–water partition coefficient (Wildman–Crippen LogP) is 3.71. The first-order chi connectivity index (χ1) is 18.3. The monoisotopic (exact) mass is 523 g/mol. The van der Waals surface area contributed by atoms with E-state index in [1.54, 1.807) is 31.6 Å². The lowest BCUT2D eigenvalue weighted by Crippen LogP contribution is -2.44. The molecule has 1 fully saturated rings. The molecule has 0 saturated carbocycles. The Kier molecular flexibility index (Phi) is 7.05. The van der Waals surface area contributed by atoms with Gasteiger partial charge in [0.15, 0.2) is 5.82 Å². The van der Waals surface area contributed by atoms with Crippen LogP contribution in [0, 0.1) is 0 Å². The van der Waals surface area contributed by atoms with E-state index in [-0.39, 0.29) is 17.8 Å². The molecule has 0 atom stereocenters. The zero-order chi connectivity index (χ0) is 26.7. The Labute approximate surface area is 216 Å². The number of carbonyl (C=O) groups is 1. The van der Waals surface area contributed by atoms with Gasteiger partial charge in [0.1, 0.15) is 17.4 Å². The summed E-state index contributed by atoms with van der Waals surface area (Å²) in [5.41, 5.74) is 0.654. The minimum Gasteiger partial charge on any atom is -0.494 e. The largest absolute Gasteiger partial charge is 0.494 e. The molecule has 4 aromatic rings. The van der Waals surface area contributed by atoms with E-state index in [0.717, 1.165) is 49.5 Å². The minimum absolute atomic E-state index is 0.232. The number of hydrogen-bond donors (Lipinski definition) is 2. The number of benzene rings is 1. The fourth-order valence-electron chi connectivity index (χ4n) is 4.29. The highest BCUT2D eigenvalue weighted by Crippen LogP contribution is 2.34. The smallest absolute Gasteiger partial charge is 0.416 e. The van der Waals surface area contributed by atoms with Crippen LogP contribution in [0.5, 0.6) is 5.75 Å². The van der Waals surface area contributed by atoms with Crippen LogP contribution in [0.15, 0.2) is 55.0 Å². The van der Waals surface area contributed by atoms with Crippen LogP contribution >= 0.6 is 0 Å². The molecule has 2 N–H and O–H groups in total. The molecule has 1 aliphatic rings. The third kappa shape index (κ3) is 5.49. The first kappa shape index (κ1) is 25.3. The van der Waals surface area contributed by atoms with E-state index in [1.165, 1.54) is 18.3 Å². The van der Waals surface area contributed by atoms with Crippen molar-refractivity contribution in [1.82, 2.24) is 25.3 Å². The summed E-state index contributed by atoms with van der Waals surface area (Å²) in [4.78, 5) is 32.7. The first-order valence-corrected chi connectivity index (χ1v) is 11.9. The third-order valence-corrected chi connectivity index (χ3v) is 6.09. The van der Waals surface area contributed by atoms with E-state index in [0.29, 0.717) is 22.7 Å². The number of rotatable bonds is 6. The lowest BCUT2D eigenvalue weighted by Gasteiger charge is -2.29. The highest BCUT2D eigenvalue weighted by Gasteiger charge is 2.30. The van der Waals surface area contributed by atoms with Crippen molar-refractivity contribution in [3.63, 3.8) is 0 Å². The van der Waals surface area contributed by atoms with Crippen molar-refractivity contribution in [1.29, 1.82) is 0 Å². The summed E-state index contributed by atoms with van der Waals surface area (Å²) in [6, 6.07) is 8.03. The molecule has 12 heteroatoms.